The van der Waals surface area contributed by atoms with Crippen LogP contribution in [0.4, 0.5) is 0 Å². The maximum Gasteiger partial charge on any atom is 0.272 e. The number of amides is 1. The predicted molar refractivity (Wildman–Crippen MR) is 124 cm³/mol. The molecule has 1 N–H and O–H groups in total. The number of rotatable bonds is 4. The number of aromatic nitrogens is 2. The van der Waals surface area contributed by atoms with Crippen LogP contribution in [-0.4, -0.2) is 70.8 Å². The molecule has 7 heteroatoms. The third-order valence-corrected chi connectivity index (χ3v) is 6.97. The summed E-state index contributed by atoms with van der Waals surface area (Å²) >= 11 is 6.15. The first-order valence-corrected chi connectivity index (χ1v) is 11.3. The van der Waals surface area contributed by atoms with Gasteiger partial charge in [0.2, 0.25) is 0 Å². The number of nitrogens with one attached hydrogen (secondary N) is 1. The van der Waals surface area contributed by atoms with Crippen molar-refractivity contribution in [2.75, 3.05) is 27.2 Å². The third kappa shape index (κ3) is 4.07. The second-order valence-electron chi connectivity index (χ2n) is 8.99. The van der Waals surface area contributed by atoms with Crippen molar-refractivity contribution in [3.8, 4) is 0 Å². The summed E-state index contributed by atoms with van der Waals surface area (Å²) in [4.78, 5) is 18.2. The number of carbonyl (C=O) groups excluding carboxylic acids is 1. The zero-order valence-corrected chi connectivity index (χ0v) is 18.7. The van der Waals surface area contributed by atoms with Crippen molar-refractivity contribution < 1.29 is 4.79 Å². The highest BCUT2D eigenvalue weighted by molar-refractivity contribution is 6.30. The van der Waals surface area contributed by atoms with Gasteiger partial charge < -0.3 is 10.2 Å². The lowest BCUT2D eigenvalue weighted by Gasteiger charge is -2.50. The number of carbonyl (C=O) groups is 1. The van der Waals surface area contributed by atoms with Crippen molar-refractivity contribution in [1.29, 1.82) is 0 Å². The average Bonchev–Trinajstić information content (AvgIpc) is 3.08. The van der Waals surface area contributed by atoms with E-state index in [9.17, 15) is 4.79 Å². The lowest BCUT2D eigenvalue weighted by Crippen LogP contribution is -2.63. The van der Waals surface area contributed by atoms with E-state index in [4.69, 9.17) is 16.7 Å². The van der Waals surface area contributed by atoms with Crippen molar-refractivity contribution in [1.82, 2.24) is 24.9 Å². The van der Waals surface area contributed by atoms with Crippen molar-refractivity contribution in [3.05, 3.63) is 64.8 Å². The van der Waals surface area contributed by atoms with Gasteiger partial charge in [-0.05, 0) is 50.7 Å². The lowest BCUT2D eigenvalue weighted by molar-refractivity contribution is 0.00837. The highest BCUT2D eigenvalue weighted by Crippen LogP contribution is 2.28. The Morgan fingerprint density at radius 2 is 1.84 bits per heavy atom. The number of hydrogen-bond donors (Lipinski definition) is 1. The summed E-state index contributed by atoms with van der Waals surface area (Å²) in [6.07, 6.45) is 1.95. The summed E-state index contributed by atoms with van der Waals surface area (Å²) in [7, 11) is 4.40. The molecule has 1 aromatic heterocycles. The van der Waals surface area contributed by atoms with E-state index in [0.29, 0.717) is 29.3 Å². The van der Waals surface area contributed by atoms with Crippen molar-refractivity contribution in [2.24, 2.45) is 0 Å². The van der Waals surface area contributed by atoms with Gasteiger partial charge in [-0.25, -0.2) is 0 Å². The van der Waals surface area contributed by atoms with Gasteiger partial charge in [0, 0.05) is 41.6 Å². The maximum absolute atomic E-state index is 13.3. The van der Waals surface area contributed by atoms with Gasteiger partial charge in [0.15, 0.2) is 5.69 Å². The number of hydrogen-bond acceptors (Lipinski definition) is 4. The summed E-state index contributed by atoms with van der Waals surface area (Å²) < 4.78 is 1.90. The second-order valence-corrected chi connectivity index (χ2v) is 9.43. The third-order valence-electron chi connectivity index (χ3n) is 6.74. The normalized spacial score (nSPS) is 24.4. The zero-order chi connectivity index (χ0) is 21.5. The van der Waals surface area contributed by atoms with E-state index < -0.39 is 0 Å². The fraction of sp³-hybridized carbons (Fsp3) is 0.417. The number of benzene rings is 2. The molecule has 2 aromatic carbocycles. The Bertz CT molecular complexity index is 1100. The quantitative estimate of drug-likeness (QED) is 0.680. The average molecular weight is 438 g/mol. The molecule has 1 amide bonds. The topological polar surface area (TPSA) is 53.4 Å². The number of likely N-dealkylation sites (tertiary alicyclic amines) is 1. The van der Waals surface area contributed by atoms with E-state index in [1.54, 1.807) is 0 Å². The van der Waals surface area contributed by atoms with Crippen LogP contribution in [0.5, 0.6) is 0 Å². The largest absolute Gasteiger partial charge is 0.348 e. The zero-order valence-electron chi connectivity index (χ0n) is 18.0. The molecular formula is C24H28ClN5O. The molecule has 0 radical (unpaired) electrons. The number of para-hydroxylation sites is 1. The molecule has 2 fully saturated rings. The minimum absolute atomic E-state index is 0.0815. The molecule has 2 bridgehead atoms. The van der Waals surface area contributed by atoms with E-state index in [1.807, 2.05) is 53.2 Å². The van der Waals surface area contributed by atoms with Crippen LogP contribution in [0.15, 0.2) is 48.5 Å². The first kappa shape index (κ1) is 20.5. The van der Waals surface area contributed by atoms with Gasteiger partial charge in [0.1, 0.15) is 0 Å². The fourth-order valence-corrected chi connectivity index (χ4v) is 5.39. The molecule has 3 aromatic rings. The van der Waals surface area contributed by atoms with Crippen molar-refractivity contribution in [2.45, 2.75) is 37.5 Å². The Hall–Kier alpha value is -2.41. The Labute approximate surface area is 187 Å². The number of likely N-dealkylation sites (N-methyl/N-ethyl adjacent to an activating group) is 2. The van der Waals surface area contributed by atoms with Crippen LogP contribution in [0, 0.1) is 0 Å². The van der Waals surface area contributed by atoms with E-state index in [-0.39, 0.29) is 11.9 Å². The van der Waals surface area contributed by atoms with Gasteiger partial charge in [-0.15, -0.1) is 0 Å². The molecule has 2 unspecified atom stereocenters. The summed E-state index contributed by atoms with van der Waals surface area (Å²) in [6, 6.07) is 16.8. The van der Waals surface area contributed by atoms with E-state index >= 15 is 0 Å². The highest BCUT2D eigenvalue weighted by Gasteiger charge is 2.38. The molecule has 2 saturated heterocycles. The minimum Gasteiger partial charge on any atom is -0.348 e. The molecule has 2 atom stereocenters. The summed E-state index contributed by atoms with van der Waals surface area (Å²) in [5.74, 6) is -0.0815. The monoisotopic (exact) mass is 437 g/mol. The molecule has 2 aliphatic rings. The molecule has 0 spiro atoms. The molecule has 5 rings (SSSR count). The number of halogens is 1. The van der Waals surface area contributed by atoms with Crippen molar-refractivity contribution in [3.63, 3.8) is 0 Å². The van der Waals surface area contributed by atoms with Crippen molar-refractivity contribution >= 4 is 28.4 Å². The summed E-state index contributed by atoms with van der Waals surface area (Å²) in [5.41, 5.74) is 2.51. The number of piperazine rings is 1. The number of fused-ring (bicyclic) bond motifs is 3. The minimum atomic E-state index is -0.0815. The molecule has 0 aliphatic carbocycles. The molecular weight excluding hydrogens is 410 g/mol. The molecule has 2 aliphatic heterocycles. The Morgan fingerprint density at radius 3 is 2.58 bits per heavy atom. The highest BCUT2D eigenvalue weighted by atomic mass is 35.5. The Morgan fingerprint density at radius 1 is 1.10 bits per heavy atom. The number of piperidine rings is 1. The smallest absolute Gasteiger partial charge is 0.272 e. The predicted octanol–water partition coefficient (Wildman–Crippen LogP) is 3.24. The first-order valence-electron chi connectivity index (χ1n) is 10.9. The van der Waals surface area contributed by atoms with Gasteiger partial charge in [0.25, 0.3) is 5.91 Å². The van der Waals surface area contributed by atoms with E-state index in [0.717, 1.165) is 42.4 Å². The van der Waals surface area contributed by atoms with Crippen LogP contribution in [0.25, 0.3) is 10.9 Å². The molecule has 31 heavy (non-hydrogen) atoms. The van der Waals surface area contributed by atoms with Crippen LogP contribution in [-0.2, 0) is 6.54 Å². The van der Waals surface area contributed by atoms with E-state index in [1.165, 1.54) is 0 Å². The van der Waals surface area contributed by atoms with Crippen LogP contribution in [0.3, 0.4) is 0 Å². The van der Waals surface area contributed by atoms with Gasteiger partial charge >= 0.3 is 0 Å². The SMILES string of the molecule is CN1CC2CC(NC(=O)c3nn(Cc4cccc(Cl)c4)c4ccccc34)CC(C1)N2C. The molecule has 0 saturated carbocycles. The molecule has 162 valence electrons. The Kier molecular flexibility index (Phi) is 5.46. The van der Waals surface area contributed by atoms with Crippen LogP contribution in [0.2, 0.25) is 5.02 Å². The lowest BCUT2D eigenvalue weighted by atomic mass is 9.88. The van der Waals surface area contributed by atoms with Crippen LogP contribution in [0.1, 0.15) is 28.9 Å². The molecule has 3 heterocycles. The van der Waals surface area contributed by atoms with E-state index in [2.05, 4.69) is 29.2 Å². The second kappa shape index (κ2) is 8.26. The standard InChI is InChI=1S/C24H28ClN5O/c1-28-14-19-11-18(12-20(15-28)29(19)2)26-24(31)23-21-8-3-4-9-22(21)30(27-23)13-16-6-5-7-17(25)10-16/h3-10,18-20H,11-15H2,1-2H3,(H,26,31). The van der Waals surface area contributed by atoms with Crippen LogP contribution < -0.4 is 5.32 Å². The summed E-state index contributed by atoms with van der Waals surface area (Å²) in [6.45, 7) is 2.67. The fourth-order valence-electron chi connectivity index (χ4n) is 5.18. The Balaban J connectivity index is 1.38. The summed E-state index contributed by atoms with van der Waals surface area (Å²) in [5, 5.41) is 9.60. The number of nitrogens with zero attached hydrogens (tertiary/aromatic N) is 4. The molecule has 6 nitrogen and oxygen atoms in total. The first-order chi connectivity index (χ1) is 15.0. The van der Waals surface area contributed by atoms with Gasteiger partial charge in [-0.1, -0.05) is 41.9 Å². The van der Waals surface area contributed by atoms with Gasteiger partial charge in [-0.2, -0.15) is 5.10 Å². The van der Waals surface area contributed by atoms with Gasteiger partial charge in [0.05, 0.1) is 12.1 Å². The maximum atomic E-state index is 13.3. The van der Waals surface area contributed by atoms with Crippen LogP contribution >= 0.6 is 11.6 Å². The van der Waals surface area contributed by atoms with Gasteiger partial charge in [-0.3, -0.25) is 14.4 Å².